The van der Waals surface area contributed by atoms with Crippen LogP contribution in [0.3, 0.4) is 0 Å². The average Bonchev–Trinajstić information content (AvgIpc) is 3.01. The van der Waals surface area contributed by atoms with Crippen molar-refractivity contribution in [3.05, 3.63) is 64.7 Å². The van der Waals surface area contributed by atoms with Crippen molar-refractivity contribution in [3.8, 4) is 0 Å². The predicted octanol–water partition coefficient (Wildman–Crippen LogP) is 5.67. The Bertz CT molecular complexity index is 1020. The van der Waals surface area contributed by atoms with Crippen LogP contribution in [0.5, 0.6) is 0 Å². The van der Waals surface area contributed by atoms with Crippen molar-refractivity contribution in [2.75, 3.05) is 26.2 Å². The Balaban J connectivity index is 1.71. The summed E-state index contributed by atoms with van der Waals surface area (Å²) in [4.78, 5) is 14.2. The third-order valence-electron chi connectivity index (χ3n) is 8.21. The minimum Gasteiger partial charge on any atom is -0.317 e. The monoisotopic (exact) mass is 439 g/mol. The number of hydrogen-bond acceptors (Lipinski definition) is 2. The zero-order chi connectivity index (χ0) is 22.5. The number of rotatable bonds is 4. The summed E-state index contributed by atoms with van der Waals surface area (Å²) in [5.74, 6) is -1.13. The summed E-state index contributed by atoms with van der Waals surface area (Å²) in [7, 11) is 0. The second kappa shape index (κ2) is 8.03. The highest BCUT2D eigenvalue weighted by atomic mass is 19.1. The molecule has 1 aliphatic carbocycles. The first kappa shape index (κ1) is 21.7. The molecule has 2 aromatic rings. The third kappa shape index (κ3) is 3.32. The highest BCUT2D eigenvalue weighted by molar-refractivity contribution is 6.04. The molecular weight excluding hydrogens is 406 g/mol. The van der Waals surface area contributed by atoms with E-state index in [0.29, 0.717) is 24.9 Å². The summed E-state index contributed by atoms with van der Waals surface area (Å²) < 4.78 is 29.8. The molecule has 1 unspecified atom stereocenters. The van der Waals surface area contributed by atoms with Gasteiger partial charge in [0.05, 0.1) is 12.0 Å². The second-order valence-electron chi connectivity index (χ2n) is 10.5. The van der Waals surface area contributed by atoms with Crippen LogP contribution < -0.4 is 9.80 Å². The van der Waals surface area contributed by atoms with Crippen LogP contribution in [0.25, 0.3) is 0 Å². The van der Waals surface area contributed by atoms with Crippen molar-refractivity contribution in [2.24, 2.45) is 5.92 Å². The number of nitrogens with one attached hydrogen (secondary N) is 1. The zero-order valence-electron chi connectivity index (χ0n) is 19.1. The number of fused-ring (bicyclic) bond motifs is 2. The van der Waals surface area contributed by atoms with Gasteiger partial charge in [0.1, 0.15) is 23.9 Å². The zero-order valence-corrected chi connectivity index (χ0v) is 19.1. The van der Waals surface area contributed by atoms with Crippen LogP contribution in [-0.4, -0.2) is 32.1 Å². The number of carbonyl (C=O) groups is 1. The molecule has 2 heterocycles. The topological polar surface area (TPSA) is 29.1 Å². The lowest BCUT2D eigenvalue weighted by molar-refractivity contribution is 0.0668. The van der Waals surface area contributed by atoms with Crippen LogP contribution in [-0.2, 0) is 5.41 Å². The van der Waals surface area contributed by atoms with E-state index in [0.717, 1.165) is 44.5 Å². The first-order chi connectivity index (χ1) is 15.4. The van der Waals surface area contributed by atoms with Gasteiger partial charge in [0, 0.05) is 17.5 Å². The number of hydrogen-bond donors (Lipinski definition) is 1. The van der Waals surface area contributed by atoms with Crippen molar-refractivity contribution in [1.29, 1.82) is 0 Å². The van der Waals surface area contributed by atoms with E-state index in [9.17, 15) is 13.6 Å². The van der Waals surface area contributed by atoms with E-state index in [-0.39, 0.29) is 15.5 Å². The van der Waals surface area contributed by atoms with Gasteiger partial charge in [-0.25, -0.2) is 18.1 Å². The number of piperidine rings is 1. The Morgan fingerprint density at radius 2 is 1.81 bits per heavy atom. The second-order valence-corrected chi connectivity index (χ2v) is 10.5. The Labute approximate surface area is 189 Å². The molecule has 1 saturated carbocycles. The lowest BCUT2D eigenvalue weighted by Crippen LogP contribution is -2.60. The van der Waals surface area contributed by atoms with E-state index < -0.39 is 17.5 Å². The summed E-state index contributed by atoms with van der Waals surface area (Å²) in [6, 6.07) is 10.2. The van der Waals surface area contributed by atoms with Crippen LogP contribution in [0.4, 0.5) is 14.5 Å². The first-order valence-electron chi connectivity index (χ1n) is 12.1. The summed E-state index contributed by atoms with van der Waals surface area (Å²) in [6.07, 6.45) is 5.22. The lowest BCUT2D eigenvalue weighted by Gasteiger charge is -2.40. The van der Waals surface area contributed by atoms with Gasteiger partial charge in [-0.05, 0) is 68.5 Å². The van der Waals surface area contributed by atoms with E-state index in [4.69, 9.17) is 0 Å². The molecule has 5 heteroatoms. The number of nitrogens with zero attached hydrogens (tertiary/aromatic N) is 1. The molecule has 2 fully saturated rings. The van der Waals surface area contributed by atoms with Crippen LogP contribution in [0, 0.1) is 17.6 Å². The Morgan fingerprint density at radius 1 is 1.12 bits per heavy atom. The largest absolute Gasteiger partial charge is 0.356 e. The van der Waals surface area contributed by atoms with Crippen LogP contribution in [0.15, 0.2) is 36.4 Å². The molecule has 1 saturated heterocycles. The number of quaternary nitrogens is 1. The van der Waals surface area contributed by atoms with E-state index in [1.54, 1.807) is 0 Å². The predicted molar refractivity (Wildman–Crippen MR) is 124 cm³/mol. The van der Waals surface area contributed by atoms with Crippen molar-refractivity contribution in [1.82, 2.24) is 9.80 Å². The Morgan fingerprint density at radius 3 is 2.41 bits per heavy atom. The molecule has 0 aromatic heterocycles. The van der Waals surface area contributed by atoms with E-state index >= 15 is 0 Å². The lowest BCUT2D eigenvalue weighted by atomic mass is 9.74. The molecule has 1 amide bonds. The third-order valence-corrected chi connectivity index (χ3v) is 8.21. The molecule has 1 spiro atoms. The van der Waals surface area contributed by atoms with Crippen molar-refractivity contribution in [2.45, 2.75) is 57.3 Å². The van der Waals surface area contributed by atoms with Gasteiger partial charge in [0.15, 0.2) is 5.56 Å². The molecule has 5 rings (SSSR count). The molecule has 3 nitrogen and oxygen atoms in total. The Hall–Kier alpha value is -2.11. The van der Waals surface area contributed by atoms with Gasteiger partial charge in [-0.2, -0.15) is 0 Å². The van der Waals surface area contributed by atoms with Crippen LogP contribution in [0.2, 0.25) is 0 Å². The highest BCUT2D eigenvalue weighted by Crippen LogP contribution is 2.52. The van der Waals surface area contributed by atoms with Gasteiger partial charge in [0.25, 0.3) is 0 Å². The highest BCUT2D eigenvalue weighted by Gasteiger charge is 2.59. The molecular formula is C27H33F2N2O+. The minimum absolute atomic E-state index is 0.0518. The minimum atomic E-state index is -0.757. The molecule has 3 aliphatic rings. The number of amides is 1. The quantitative estimate of drug-likeness (QED) is 0.622. The molecule has 170 valence electrons. The maximum atomic E-state index is 14.9. The molecule has 1 N–H and O–H groups in total. The SMILES string of the molecule is CC(C)c1ccc2c(c1)C1(CCNCC1)C[N+]2(CC1CCC1)C(=O)c1c(F)cccc1F. The average molecular weight is 440 g/mol. The molecule has 0 bridgehead atoms. The van der Waals surface area contributed by atoms with Gasteiger partial charge in [-0.15, -0.1) is 0 Å². The molecule has 32 heavy (non-hydrogen) atoms. The van der Waals surface area contributed by atoms with Crippen molar-refractivity contribution < 1.29 is 13.6 Å². The number of halogens is 2. The molecule has 1 atom stereocenters. The Kier molecular flexibility index (Phi) is 5.45. The van der Waals surface area contributed by atoms with Gasteiger partial charge < -0.3 is 5.32 Å². The van der Waals surface area contributed by atoms with Gasteiger partial charge in [-0.1, -0.05) is 32.4 Å². The smallest absolute Gasteiger partial charge is 0.317 e. The summed E-state index contributed by atoms with van der Waals surface area (Å²) in [5.41, 5.74) is 2.95. The van der Waals surface area contributed by atoms with E-state index in [1.165, 1.54) is 35.7 Å². The summed E-state index contributed by atoms with van der Waals surface area (Å²) in [6.45, 7) is 7.41. The maximum absolute atomic E-state index is 14.9. The van der Waals surface area contributed by atoms with Crippen molar-refractivity contribution >= 4 is 11.6 Å². The maximum Gasteiger partial charge on any atom is 0.356 e. The van der Waals surface area contributed by atoms with Gasteiger partial charge >= 0.3 is 5.91 Å². The fourth-order valence-electron chi connectivity index (χ4n) is 6.19. The summed E-state index contributed by atoms with van der Waals surface area (Å²) in [5, 5.41) is 3.46. The molecule has 0 radical (unpaired) electrons. The molecule has 2 aromatic carbocycles. The molecule has 2 aliphatic heterocycles. The van der Waals surface area contributed by atoms with E-state index in [1.807, 2.05) is 0 Å². The first-order valence-corrected chi connectivity index (χ1v) is 12.1. The van der Waals surface area contributed by atoms with Crippen LogP contribution >= 0.6 is 0 Å². The standard InChI is InChI=1S/C27H33F2N2O/c1-18(2)20-9-10-24-21(15-20)27(11-13-30-14-12-27)17-31(24,16-19-5-3-6-19)26(32)25-22(28)7-4-8-23(25)29/h4,7-10,15,18-19,30H,3,5-6,11-14,16-17H2,1-2H3/q+1. The van der Waals surface area contributed by atoms with Gasteiger partial charge in [-0.3, -0.25) is 0 Å². The normalized spacial score (nSPS) is 24.5. The summed E-state index contributed by atoms with van der Waals surface area (Å²) >= 11 is 0. The fourth-order valence-corrected chi connectivity index (χ4v) is 6.19. The fraction of sp³-hybridized carbons (Fsp3) is 0.519. The van der Waals surface area contributed by atoms with Gasteiger partial charge in [0.2, 0.25) is 0 Å². The number of carbonyl (C=O) groups excluding carboxylic acids is 1. The van der Waals surface area contributed by atoms with Crippen molar-refractivity contribution in [3.63, 3.8) is 0 Å². The van der Waals surface area contributed by atoms with E-state index in [2.05, 4.69) is 37.4 Å². The van der Waals surface area contributed by atoms with Crippen LogP contribution in [0.1, 0.15) is 73.4 Å². The number of benzene rings is 2.